The molecule has 2 atom stereocenters. The van der Waals surface area contributed by atoms with Crippen LogP contribution in [0.5, 0.6) is 5.75 Å². The average Bonchev–Trinajstić information content (AvgIpc) is 3.21. The molecule has 0 amide bonds. The van der Waals surface area contributed by atoms with E-state index in [0.29, 0.717) is 19.1 Å². The van der Waals surface area contributed by atoms with E-state index in [9.17, 15) is 4.79 Å². The summed E-state index contributed by atoms with van der Waals surface area (Å²) in [6.07, 6.45) is 2.00. The fourth-order valence-corrected chi connectivity index (χ4v) is 6.97. The van der Waals surface area contributed by atoms with Gasteiger partial charge in [0.05, 0.1) is 18.2 Å². The van der Waals surface area contributed by atoms with Gasteiger partial charge in [0.15, 0.2) is 5.13 Å². The molecule has 188 valence electrons. The standard InChI is InChI=1S/C29H33N3O3S/c1-17-9-18(2)26(35-14-21-6-5-20-12-30-8-7-23(20)19(21)3)24(10-17)25-15-36-28(31-25)32-13-22-11-29(22,16-32)27(33)34-4/h5-6,9-10,15,22,30H,7-8,11-14,16H2,1-4H3/t22-,29-/m0/s1. The Balaban J connectivity index is 1.25. The van der Waals surface area contributed by atoms with Crippen molar-refractivity contribution < 1.29 is 14.3 Å². The predicted octanol–water partition coefficient (Wildman–Crippen LogP) is 4.96. The summed E-state index contributed by atoms with van der Waals surface area (Å²) in [6, 6.07) is 8.79. The maximum Gasteiger partial charge on any atom is 0.313 e. The normalized spacial score (nSPS) is 22.2. The lowest BCUT2D eigenvalue weighted by atomic mass is 9.93. The lowest BCUT2D eigenvalue weighted by Gasteiger charge is -2.22. The third-order valence-electron chi connectivity index (χ3n) is 8.24. The van der Waals surface area contributed by atoms with E-state index in [2.05, 4.69) is 60.6 Å². The molecule has 0 radical (unpaired) electrons. The summed E-state index contributed by atoms with van der Waals surface area (Å²) in [5.41, 5.74) is 9.40. The van der Waals surface area contributed by atoms with Crippen LogP contribution >= 0.6 is 11.3 Å². The number of carbonyl (C=O) groups excluding carboxylic acids is 1. The highest BCUT2D eigenvalue weighted by Crippen LogP contribution is 2.59. The summed E-state index contributed by atoms with van der Waals surface area (Å²) >= 11 is 1.64. The van der Waals surface area contributed by atoms with Crippen molar-refractivity contribution in [3.8, 4) is 17.0 Å². The van der Waals surface area contributed by atoms with Gasteiger partial charge in [-0.1, -0.05) is 18.2 Å². The fraction of sp³-hybridized carbons (Fsp3) is 0.448. The Kier molecular flexibility index (Phi) is 5.80. The zero-order valence-corrected chi connectivity index (χ0v) is 22.3. The average molecular weight is 504 g/mol. The third-order valence-corrected chi connectivity index (χ3v) is 9.14. The summed E-state index contributed by atoms with van der Waals surface area (Å²) in [6.45, 7) is 10.5. The third kappa shape index (κ3) is 3.89. The minimum atomic E-state index is -0.322. The van der Waals surface area contributed by atoms with Gasteiger partial charge < -0.3 is 19.7 Å². The molecule has 1 saturated carbocycles. The number of nitrogens with one attached hydrogen (secondary N) is 1. The van der Waals surface area contributed by atoms with Gasteiger partial charge in [0.25, 0.3) is 0 Å². The SMILES string of the molecule is COC(=O)[C@]12C[C@H]1CN(c1nc(-c3cc(C)cc(C)c3OCc3ccc4c(c3C)CCNC4)cs1)C2. The number of hydrogen-bond acceptors (Lipinski definition) is 7. The number of aryl methyl sites for hydroxylation is 2. The number of methoxy groups -OCH3 is 1. The Morgan fingerprint density at radius 1 is 1.28 bits per heavy atom. The first-order valence-electron chi connectivity index (χ1n) is 12.7. The Bertz CT molecular complexity index is 1350. The van der Waals surface area contributed by atoms with Crippen LogP contribution < -0.4 is 15.0 Å². The van der Waals surface area contributed by atoms with Crippen molar-refractivity contribution in [3.63, 3.8) is 0 Å². The van der Waals surface area contributed by atoms with Crippen LogP contribution in [0.2, 0.25) is 0 Å². The van der Waals surface area contributed by atoms with Crippen molar-refractivity contribution in [1.29, 1.82) is 0 Å². The van der Waals surface area contributed by atoms with Gasteiger partial charge in [0.1, 0.15) is 12.4 Å². The second kappa shape index (κ2) is 8.89. The van der Waals surface area contributed by atoms with E-state index >= 15 is 0 Å². The Morgan fingerprint density at radius 2 is 2.14 bits per heavy atom. The van der Waals surface area contributed by atoms with Gasteiger partial charge in [-0.05, 0) is 85.5 Å². The van der Waals surface area contributed by atoms with Crippen LogP contribution in [0.4, 0.5) is 5.13 Å². The number of ether oxygens (including phenoxy) is 2. The van der Waals surface area contributed by atoms with Crippen molar-refractivity contribution in [3.05, 3.63) is 63.0 Å². The van der Waals surface area contributed by atoms with Gasteiger partial charge in [-0.15, -0.1) is 11.3 Å². The molecule has 0 bridgehead atoms. The molecule has 1 N–H and O–H groups in total. The second-order valence-corrected chi connectivity index (χ2v) is 11.4. The summed E-state index contributed by atoms with van der Waals surface area (Å²) < 4.78 is 11.6. The summed E-state index contributed by atoms with van der Waals surface area (Å²) in [5.74, 6) is 1.20. The molecule has 3 aliphatic rings. The van der Waals surface area contributed by atoms with E-state index in [1.165, 1.54) is 34.9 Å². The molecule has 3 heterocycles. The number of hydrogen-bond donors (Lipinski definition) is 1. The highest BCUT2D eigenvalue weighted by Gasteiger charge is 2.66. The molecule has 1 saturated heterocycles. The first kappa shape index (κ1) is 23.5. The topological polar surface area (TPSA) is 63.7 Å². The monoisotopic (exact) mass is 503 g/mol. The van der Waals surface area contributed by atoms with Crippen molar-refractivity contribution in [2.24, 2.45) is 11.3 Å². The van der Waals surface area contributed by atoms with Crippen LogP contribution in [0.25, 0.3) is 11.3 Å². The van der Waals surface area contributed by atoms with Crippen molar-refractivity contribution in [2.45, 2.75) is 46.8 Å². The minimum absolute atomic E-state index is 0.0782. The van der Waals surface area contributed by atoms with E-state index in [4.69, 9.17) is 14.5 Å². The summed E-state index contributed by atoms with van der Waals surface area (Å²) in [4.78, 5) is 19.6. The fourth-order valence-electron chi connectivity index (χ4n) is 6.14. The molecule has 3 aromatic rings. The molecular weight excluding hydrogens is 470 g/mol. The van der Waals surface area contributed by atoms with E-state index in [0.717, 1.165) is 60.2 Å². The number of anilines is 1. The highest BCUT2D eigenvalue weighted by atomic mass is 32.1. The number of esters is 1. The van der Waals surface area contributed by atoms with Gasteiger partial charge in [0, 0.05) is 30.6 Å². The number of rotatable bonds is 6. The first-order valence-corrected chi connectivity index (χ1v) is 13.6. The van der Waals surface area contributed by atoms with Crippen molar-refractivity contribution in [2.75, 3.05) is 31.6 Å². The molecule has 7 heteroatoms. The molecule has 2 aromatic carbocycles. The zero-order chi connectivity index (χ0) is 25.0. The van der Waals surface area contributed by atoms with Gasteiger partial charge in [0.2, 0.25) is 0 Å². The zero-order valence-electron chi connectivity index (χ0n) is 21.4. The number of fused-ring (bicyclic) bond motifs is 2. The molecule has 6 rings (SSSR count). The first-order chi connectivity index (χ1) is 17.4. The molecule has 1 aromatic heterocycles. The molecular formula is C29H33N3O3S. The number of piperidine rings is 1. The maximum atomic E-state index is 12.3. The number of nitrogens with zero attached hydrogens (tertiary/aromatic N) is 2. The van der Waals surface area contributed by atoms with Crippen LogP contribution in [0.3, 0.4) is 0 Å². The van der Waals surface area contributed by atoms with Crippen LogP contribution in [0.1, 0.15) is 39.8 Å². The van der Waals surface area contributed by atoms with E-state index < -0.39 is 0 Å². The molecule has 1 aliphatic carbocycles. The number of thiazole rings is 1. The van der Waals surface area contributed by atoms with Gasteiger partial charge in [-0.2, -0.15) is 0 Å². The Labute approximate surface area is 216 Å². The number of aromatic nitrogens is 1. The summed E-state index contributed by atoms with van der Waals surface area (Å²) in [5, 5.41) is 6.53. The Morgan fingerprint density at radius 3 is 2.97 bits per heavy atom. The van der Waals surface area contributed by atoms with E-state index in [1.54, 1.807) is 11.3 Å². The van der Waals surface area contributed by atoms with Crippen LogP contribution in [-0.2, 0) is 29.1 Å². The maximum absolute atomic E-state index is 12.3. The minimum Gasteiger partial charge on any atom is -0.488 e. The highest BCUT2D eigenvalue weighted by molar-refractivity contribution is 7.14. The van der Waals surface area contributed by atoms with Crippen molar-refractivity contribution in [1.82, 2.24) is 10.3 Å². The lowest BCUT2D eigenvalue weighted by Crippen LogP contribution is -2.29. The molecule has 2 fully saturated rings. The van der Waals surface area contributed by atoms with Gasteiger partial charge in [-0.3, -0.25) is 4.79 Å². The molecule has 36 heavy (non-hydrogen) atoms. The Hall–Kier alpha value is -2.90. The van der Waals surface area contributed by atoms with E-state index in [1.807, 2.05) is 0 Å². The van der Waals surface area contributed by atoms with Crippen molar-refractivity contribution >= 4 is 22.4 Å². The molecule has 6 nitrogen and oxygen atoms in total. The van der Waals surface area contributed by atoms with Gasteiger partial charge in [-0.25, -0.2) is 4.98 Å². The van der Waals surface area contributed by atoms with E-state index in [-0.39, 0.29) is 11.4 Å². The van der Waals surface area contributed by atoms with Crippen LogP contribution in [0.15, 0.2) is 29.6 Å². The lowest BCUT2D eigenvalue weighted by molar-refractivity contribution is -0.146. The quantitative estimate of drug-likeness (QED) is 0.480. The van der Waals surface area contributed by atoms with Crippen LogP contribution in [0, 0.1) is 32.1 Å². The van der Waals surface area contributed by atoms with Crippen LogP contribution in [-0.4, -0.2) is 37.7 Å². The predicted molar refractivity (Wildman–Crippen MR) is 143 cm³/mol. The number of carbonyl (C=O) groups is 1. The smallest absolute Gasteiger partial charge is 0.313 e. The number of benzene rings is 2. The summed E-state index contributed by atoms with van der Waals surface area (Å²) in [7, 11) is 1.49. The largest absolute Gasteiger partial charge is 0.488 e. The molecule has 0 unspecified atom stereocenters. The van der Waals surface area contributed by atoms with Gasteiger partial charge >= 0.3 is 5.97 Å². The molecule has 2 aliphatic heterocycles. The molecule has 0 spiro atoms. The second-order valence-electron chi connectivity index (χ2n) is 10.6.